The van der Waals surface area contributed by atoms with E-state index in [1.54, 1.807) is 0 Å². The molecule has 0 radical (unpaired) electrons. The van der Waals surface area contributed by atoms with Crippen LogP contribution in [0.2, 0.25) is 0 Å². The number of hydrogen-bond acceptors (Lipinski definition) is 2. The zero-order valence-corrected chi connectivity index (χ0v) is 11.4. The van der Waals surface area contributed by atoms with Crippen molar-refractivity contribution >= 4 is 10.9 Å². The molecule has 0 fully saturated rings. The van der Waals surface area contributed by atoms with Crippen LogP contribution in [0.5, 0.6) is 0 Å². The molecule has 1 aromatic carbocycles. The molecular formula is C15H23N3. The maximum Gasteiger partial charge on any atom is 0.0458 e. The number of fused-ring (bicyclic) bond motifs is 1. The largest absolute Gasteiger partial charge is 0.358 e. The van der Waals surface area contributed by atoms with E-state index in [9.17, 15) is 0 Å². The van der Waals surface area contributed by atoms with E-state index in [2.05, 4.69) is 48.1 Å². The number of nitrogens with two attached hydrogens (primary N) is 1. The van der Waals surface area contributed by atoms with Crippen LogP contribution < -0.4 is 5.73 Å². The van der Waals surface area contributed by atoms with Gasteiger partial charge in [0.2, 0.25) is 0 Å². The van der Waals surface area contributed by atoms with Gasteiger partial charge in [-0.3, -0.25) is 0 Å². The van der Waals surface area contributed by atoms with Crippen LogP contribution in [0.4, 0.5) is 0 Å². The molecule has 3 N–H and O–H groups in total. The average molecular weight is 245 g/mol. The number of hydrogen-bond donors (Lipinski definition) is 2. The number of H-pyrrole nitrogens is 1. The van der Waals surface area contributed by atoms with Crippen molar-refractivity contribution in [3.63, 3.8) is 0 Å². The van der Waals surface area contributed by atoms with Gasteiger partial charge in [0.15, 0.2) is 0 Å². The maximum absolute atomic E-state index is 5.53. The summed E-state index contributed by atoms with van der Waals surface area (Å²) in [5, 5.41) is 1.36. The van der Waals surface area contributed by atoms with E-state index in [0.29, 0.717) is 0 Å². The highest BCUT2D eigenvalue weighted by atomic mass is 15.1. The second-order valence-corrected chi connectivity index (χ2v) is 4.97. The highest BCUT2D eigenvalue weighted by molar-refractivity contribution is 5.84. The minimum absolute atomic E-state index is 0.774. The van der Waals surface area contributed by atoms with Gasteiger partial charge in [-0.05, 0) is 51.5 Å². The summed E-state index contributed by atoms with van der Waals surface area (Å²) in [7, 11) is 2.17. The monoisotopic (exact) mass is 245 g/mol. The third kappa shape index (κ3) is 2.92. The molecule has 1 aromatic heterocycles. The van der Waals surface area contributed by atoms with Crippen LogP contribution >= 0.6 is 0 Å². The van der Waals surface area contributed by atoms with E-state index >= 15 is 0 Å². The lowest BCUT2D eigenvalue weighted by atomic mass is 10.1. The van der Waals surface area contributed by atoms with Crippen molar-refractivity contribution in [1.82, 2.24) is 9.88 Å². The predicted molar refractivity (Wildman–Crippen MR) is 77.9 cm³/mol. The first-order chi connectivity index (χ1) is 8.72. The molecule has 2 rings (SSSR count). The maximum atomic E-state index is 5.53. The molecule has 0 unspecified atom stereocenters. The third-order valence-electron chi connectivity index (χ3n) is 3.51. The summed E-state index contributed by atoms with van der Waals surface area (Å²) in [6.45, 7) is 5.10. The second kappa shape index (κ2) is 6.03. The predicted octanol–water partition coefficient (Wildman–Crippen LogP) is 2.30. The summed E-state index contributed by atoms with van der Waals surface area (Å²) in [6, 6.07) is 8.53. The molecule has 0 amide bonds. The van der Waals surface area contributed by atoms with Crippen LogP contribution in [-0.4, -0.2) is 36.6 Å². The quantitative estimate of drug-likeness (QED) is 0.820. The molecule has 3 nitrogen and oxygen atoms in total. The van der Waals surface area contributed by atoms with E-state index in [0.717, 1.165) is 32.5 Å². The molecule has 3 heteroatoms. The van der Waals surface area contributed by atoms with E-state index in [1.807, 2.05) is 0 Å². The summed E-state index contributed by atoms with van der Waals surface area (Å²) >= 11 is 0. The topological polar surface area (TPSA) is 45.0 Å². The van der Waals surface area contributed by atoms with Gasteiger partial charge in [0.25, 0.3) is 0 Å². The van der Waals surface area contributed by atoms with Gasteiger partial charge >= 0.3 is 0 Å². The fraction of sp³-hybridized carbons (Fsp3) is 0.467. The fourth-order valence-corrected chi connectivity index (χ4v) is 2.43. The van der Waals surface area contributed by atoms with Gasteiger partial charge in [-0.1, -0.05) is 18.2 Å². The average Bonchev–Trinajstić information content (AvgIpc) is 2.69. The third-order valence-corrected chi connectivity index (χ3v) is 3.51. The fourth-order valence-electron chi connectivity index (χ4n) is 2.43. The van der Waals surface area contributed by atoms with Crippen LogP contribution in [0, 0.1) is 6.92 Å². The molecule has 1 heterocycles. The van der Waals surface area contributed by atoms with Gasteiger partial charge in [0, 0.05) is 23.1 Å². The van der Waals surface area contributed by atoms with Gasteiger partial charge in [-0.15, -0.1) is 0 Å². The van der Waals surface area contributed by atoms with Crippen LogP contribution in [0.1, 0.15) is 17.7 Å². The lowest BCUT2D eigenvalue weighted by molar-refractivity contribution is 0.336. The normalized spacial score (nSPS) is 11.6. The zero-order chi connectivity index (χ0) is 13.0. The molecule has 0 atom stereocenters. The Kier molecular flexibility index (Phi) is 4.39. The first kappa shape index (κ1) is 13.1. The summed E-state index contributed by atoms with van der Waals surface area (Å²) in [6.07, 6.45) is 2.17. The first-order valence-corrected chi connectivity index (χ1v) is 6.67. The SMILES string of the molecule is Cc1[nH]c2ccccc2c1CCN(C)CCCN. The highest BCUT2D eigenvalue weighted by Gasteiger charge is 2.08. The minimum Gasteiger partial charge on any atom is -0.358 e. The molecule has 0 aliphatic carbocycles. The van der Waals surface area contributed by atoms with Crippen molar-refractivity contribution in [2.24, 2.45) is 5.73 Å². The Morgan fingerprint density at radius 1 is 1.22 bits per heavy atom. The number of nitrogens with zero attached hydrogens (tertiary/aromatic N) is 1. The summed E-state index contributed by atoms with van der Waals surface area (Å²) in [5.41, 5.74) is 9.52. The smallest absolute Gasteiger partial charge is 0.0458 e. The molecule has 0 saturated heterocycles. The summed E-state index contributed by atoms with van der Waals surface area (Å²) in [5.74, 6) is 0. The van der Waals surface area contributed by atoms with Gasteiger partial charge in [0.05, 0.1) is 0 Å². The van der Waals surface area contributed by atoms with Gasteiger partial charge < -0.3 is 15.6 Å². The standard InChI is InChI=1S/C15H23N3/c1-12-13(8-11-18(2)10-5-9-16)14-6-3-4-7-15(14)17-12/h3-4,6-7,17H,5,8-11,16H2,1-2H3. The number of nitrogens with one attached hydrogen (secondary N) is 1. The number of para-hydroxylation sites is 1. The van der Waals surface area contributed by atoms with Crippen molar-refractivity contribution in [3.05, 3.63) is 35.5 Å². The number of likely N-dealkylation sites (N-methyl/N-ethyl adjacent to an activating group) is 1. The van der Waals surface area contributed by atoms with Crippen molar-refractivity contribution in [1.29, 1.82) is 0 Å². The molecule has 18 heavy (non-hydrogen) atoms. The molecule has 0 saturated carbocycles. The Balaban J connectivity index is 2.05. The Hall–Kier alpha value is -1.32. The van der Waals surface area contributed by atoms with Crippen LogP contribution in [0.15, 0.2) is 24.3 Å². The molecule has 0 aliphatic heterocycles. The lowest BCUT2D eigenvalue weighted by Crippen LogP contribution is -2.24. The van der Waals surface area contributed by atoms with Crippen LogP contribution in [0.3, 0.4) is 0 Å². The molecular weight excluding hydrogens is 222 g/mol. The van der Waals surface area contributed by atoms with E-state index in [4.69, 9.17) is 5.73 Å². The van der Waals surface area contributed by atoms with E-state index < -0.39 is 0 Å². The Morgan fingerprint density at radius 3 is 2.78 bits per heavy atom. The summed E-state index contributed by atoms with van der Waals surface area (Å²) < 4.78 is 0. The number of aromatic amines is 1. The number of aromatic nitrogens is 1. The first-order valence-electron chi connectivity index (χ1n) is 6.67. The molecule has 0 aliphatic rings. The van der Waals surface area contributed by atoms with Crippen LogP contribution in [0.25, 0.3) is 10.9 Å². The van der Waals surface area contributed by atoms with Crippen molar-refractivity contribution in [2.75, 3.05) is 26.7 Å². The molecule has 2 aromatic rings. The zero-order valence-electron chi connectivity index (χ0n) is 11.4. The lowest BCUT2D eigenvalue weighted by Gasteiger charge is -2.15. The molecule has 0 spiro atoms. The number of rotatable bonds is 6. The minimum atomic E-state index is 0.774. The Labute approximate surface area is 109 Å². The van der Waals surface area contributed by atoms with Crippen molar-refractivity contribution < 1.29 is 0 Å². The van der Waals surface area contributed by atoms with E-state index in [1.165, 1.54) is 22.2 Å². The number of aryl methyl sites for hydroxylation is 1. The van der Waals surface area contributed by atoms with Gasteiger partial charge in [-0.25, -0.2) is 0 Å². The van der Waals surface area contributed by atoms with Gasteiger partial charge in [0.1, 0.15) is 0 Å². The van der Waals surface area contributed by atoms with Crippen LogP contribution in [-0.2, 0) is 6.42 Å². The van der Waals surface area contributed by atoms with E-state index in [-0.39, 0.29) is 0 Å². The molecule has 98 valence electrons. The Morgan fingerprint density at radius 2 is 2.00 bits per heavy atom. The van der Waals surface area contributed by atoms with Crippen molar-refractivity contribution in [2.45, 2.75) is 19.8 Å². The molecule has 0 bridgehead atoms. The Bertz CT molecular complexity index is 501. The van der Waals surface area contributed by atoms with Gasteiger partial charge in [-0.2, -0.15) is 0 Å². The number of benzene rings is 1. The highest BCUT2D eigenvalue weighted by Crippen LogP contribution is 2.22. The van der Waals surface area contributed by atoms with Crippen molar-refractivity contribution in [3.8, 4) is 0 Å². The summed E-state index contributed by atoms with van der Waals surface area (Å²) in [4.78, 5) is 5.81. The second-order valence-electron chi connectivity index (χ2n) is 4.97.